The molecule has 1 aliphatic heterocycles. The van der Waals surface area contributed by atoms with Crippen molar-refractivity contribution in [2.24, 2.45) is 5.92 Å². The van der Waals surface area contributed by atoms with Crippen LogP contribution >= 0.6 is 22.7 Å². The van der Waals surface area contributed by atoms with E-state index in [-0.39, 0.29) is 17.9 Å². The van der Waals surface area contributed by atoms with E-state index in [4.69, 9.17) is 4.74 Å². The van der Waals surface area contributed by atoms with Crippen LogP contribution in [0, 0.1) is 5.92 Å². The van der Waals surface area contributed by atoms with Crippen LogP contribution in [-0.4, -0.2) is 19.1 Å². The third-order valence-electron chi connectivity index (χ3n) is 3.29. The molecule has 3 nitrogen and oxygen atoms in total. The third-order valence-corrected chi connectivity index (χ3v) is 4.93. The molecule has 0 saturated carbocycles. The molecular weight excluding hydrogens is 278 g/mol. The van der Waals surface area contributed by atoms with Crippen molar-refractivity contribution in [3.63, 3.8) is 0 Å². The standard InChI is InChI=1S/C14H15NO2S2/c16-14(10-3-5-17-8-10)15-13(11-4-7-18-9-11)12-2-1-6-19-12/h1-2,4,6-7,9-10,13H,3,5,8H2,(H,15,16). The van der Waals surface area contributed by atoms with Crippen molar-refractivity contribution in [2.45, 2.75) is 12.5 Å². The van der Waals surface area contributed by atoms with Gasteiger partial charge >= 0.3 is 0 Å². The van der Waals surface area contributed by atoms with Crippen molar-refractivity contribution in [1.82, 2.24) is 5.32 Å². The molecule has 1 aliphatic rings. The molecule has 1 saturated heterocycles. The number of ether oxygens (including phenoxy) is 1. The number of rotatable bonds is 4. The number of carbonyl (C=O) groups is 1. The largest absolute Gasteiger partial charge is 0.381 e. The Balaban J connectivity index is 1.78. The lowest BCUT2D eigenvalue weighted by Gasteiger charge is -2.18. The van der Waals surface area contributed by atoms with Gasteiger partial charge in [0.15, 0.2) is 0 Å². The summed E-state index contributed by atoms with van der Waals surface area (Å²) in [6.45, 7) is 1.24. The maximum Gasteiger partial charge on any atom is 0.226 e. The fraction of sp³-hybridized carbons (Fsp3) is 0.357. The van der Waals surface area contributed by atoms with Crippen molar-refractivity contribution in [3.8, 4) is 0 Å². The van der Waals surface area contributed by atoms with E-state index in [1.54, 1.807) is 22.7 Å². The summed E-state index contributed by atoms with van der Waals surface area (Å²) < 4.78 is 5.29. The molecule has 2 unspecified atom stereocenters. The Hall–Kier alpha value is -1.17. The van der Waals surface area contributed by atoms with Gasteiger partial charge < -0.3 is 10.1 Å². The molecule has 1 N–H and O–H groups in total. The zero-order chi connectivity index (χ0) is 13.1. The summed E-state index contributed by atoms with van der Waals surface area (Å²) in [4.78, 5) is 13.4. The molecule has 3 rings (SSSR count). The topological polar surface area (TPSA) is 38.3 Å². The first-order valence-electron chi connectivity index (χ1n) is 6.28. The second-order valence-corrected chi connectivity index (χ2v) is 6.33. The zero-order valence-electron chi connectivity index (χ0n) is 10.4. The van der Waals surface area contributed by atoms with Crippen molar-refractivity contribution in [2.75, 3.05) is 13.2 Å². The molecule has 2 aromatic heterocycles. The molecule has 100 valence electrons. The number of hydrogen-bond acceptors (Lipinski definition) is 4. The minimum atomic E-state index is -0.0284. The van der Waals surface area contributed by atoms with Gasteiger partial charge in [0.1, 0.15) is 0 Å². The van der Waals surface area contributed by atoms with Crippen LogP contribution in [0.1, 0.15) is 22.9 Å². The van der Waals surface area contributed by atoms with Crippen molar-refractivity contribution < 1.29 is 9.53 Å². The minimum absolute atomic E-state index is 0.00102. The molecule has 0 bridgehead atoms. The maximum atomic E-state index is 12.3. The maximum absolute atomic E-state index is 12.3. The summed E-state index contributed by atoms with van der Waals surface area (Å²) in [5, 5.41) is 9.34. The Morgan fingerprint density at radius 2 is 2.37 bits per heavy atom. The molecule has 0 spiro atoms. The van der Waals surface area contributed by atoms with Crippen LogP contribution in [0.2, 0.25) is 0 Å². The van der Waals surface area contributed by atoms with Crippen LogP contribution < -0.4 is 5.32 Å². The van der Waals surface area contributed by atoms with Gasteiger partial charge in [0.2, 0.25) is 5.91 Å². The van der Waals surface area contributed by atoms with Gasteiger partial charge in [0.05, 0.1) is 18.6 Å². The fourth-order valence-electron chi connectivity index (χ4n) is 2.21. The molecular formula is C14H15NO2S2. The first-order chi connectivity index (χ1) is 9.34. The molecule has 5 heteroatoms. The highest BCUT2D eigenvalue weighted by molar-refractivity contribution is 7.10. The lowest BCUT2D eigenvalue weighted by molar-refractivity contribution is -0.125. The molecule has 1 amide bonds. The van der Waals surface area contributed by atoms with E-state index >= 15 is 0 Å². The number of amides is 1. The van der Waals surface area contributed by atoms with Crippen molar-refractivity contribution >= 4 is 28.6 Å². The predicted molar refractivity (Wildman–Crippen MR) is 77.5 cm³/mol. The second kappa shape index (κ2) is 5.86. The number of nitrogens with one attached hydrogen (secondary N) is 1. The van der Waals surface area contributed by atoms with E-state index in [2.05, 4.69) is 22.8 Å². The predicted octanol–water partition coefficient (Wildman–Crippen LogP) is 3.05. The second-order valence-electron chi connectivity index (χ2n) is 4.57. The van der Waals surface area contributed by atoms with Crippen LogP contribution in [0.5, 0.6) is 0 Å². The van der Waals surface area contributed by atoms with Gasteiger partial charge in [-0.05, 0) is 40.3 Å². The molecule has 1 fully saturated rings. The van der Waals surface area contributed by atoms with E-state index in [0.29, 0.717) is 13.2 Å². The van der Waals surface area contributed by atoms with Crippen molar-refractivity contribution in [1.29, 1.82) is 0 Å². The number of hydrogen-bond donors (Lipinski definition) is 1. The summed E-state index contributed by atoms with van der Waals surface area (Å²) in [5.74, 6) is 0.100. The highest BCUT2D eigenvalue weighted by Crippen LogP contribution is 2.28. The van der Waals surface area contributed by atoms with E-state index in [1.807, 2.05) is 16.8 Å². The average molecular weight is 293 g/mol. The van der Waals surface area contributed by atoms with Crippen LogP contribution in [-0.2, 0) is 9.53 Å². The van der Waals surface area contributed by atoms with Crippen LogP contribution in [0.4, 0.5) is 0 Å². The third kappa shape index (κ3) is 2.88. The van der Waals surface area contributed by atoms with Gasteiger partial charge in [-0.15, -0.1) is 11.3 Å². The lowest BCUT2D eigenvalue weighted by atomic mass is 10.1. The first kappa shape index (κ1) is 12.8. The monoisotopic (exact) mass is 293 g/mol. The zero-order valence-corrected chi connectivity index (χ0v) is 12.0. The van der Waals surface area contributed by atoms with Crippen LogP contribution in [0.3, 0.4) is 0 Å². The van der Waals surface area contributed by atoms with Gasteiger partial charge in [0, 0.05) is 11.5 Å². The molecule has 0 aromatic carbocycles. The summed E-state index contributed by atoms with van der Waals surface area (Å²) in [6, 6.07) is 6.13. The van der Waals surface area contributed by atoms with Gasteiger partial charge in [-0.2, -0.15) is 11.3 Å². The Labute approximate surface area is 120 Å². The number of thiophene rings is 2. The van der Waals surface area contributed by atoms with Gasteiger partial charge in [-0.25, -0.2) is 0 Å². The SMILES string of the molecule is O=C(NC(c1ccsc1)c1cccs1)C1CCOC1. The molecule has 0 aliphatic carbocycles. The highest BCUT2D eigenvalue weighted by Gasteiger charge is 2.27. The van der Waals surface area contributed by atoms with E-state index in [0.717, 1.165) is 12.0 Å². The summed E-state index contributed by atoms with van der Waals surface area (Å²) >= 11 is 3.33. The van der Waals surface area contributed by atoms with Gasteiger partial charge in [-0.1, -0.05) is 6.07 Å². The van der Waals surface area contributed by atoms with Crippen molar-refractivity contribution in [3.05, 3.63) is 44.8 Å². The molecule has 3 heterocycles. The average Bonchev–Trinajstić information content (AvgIpc) is 3.17. The Bertz CT molecular complexity index is 481. The first-order valence-corrected chi connectivity index (χ1v) is 8.10. The van der Waals surface area contributed by atoms with Crippen LogP contribution in [0.15, 0.2) is 34.3 Å². The van der Waals surface area contributed by atoms with Gasteiger partial charge in [-0.3, -0.25) is 4.79 Å². The Kier molecular flexibility index (Phi) is 3.96. The van der Waals surface area contributed by atoms with Crippen LogP contribution in [0.25, 0.3) is 0 Å². The summed E-state index contributed by atoms with van der Waals surface area (Å²) in [6.07, 6.45) is 0.826. The summed E-state index contributed by atoms with van der Waals surface area (Å²) in [7, 11) is 0. The van der Waals surface area contributed by atoms with E-state index in [9.17, 15) is 4.79 Å². The summed E-state index contributed by atoms with van der Waals surface area (Å²) in [5.41, 5.74) is 1.15. The minimum Gasteiger partial charge on any atom is -0.381 e. The Morgan fingerprint density at radius 1 is 1.42 bits per heavy atom. The molecule has 19 heavy (non-hydrogen) atoms. The van der Waals surface area contributed by atoms with E-state index < -0.39 is 0 Å². The smallest absolute Gasteiger partial charge is 0.226 e. The molecule has 2 aromatic rings. The lowest BCUT2D eigenvalue weighted by Crippen LogP contribution is -2.34. The fourth-order valence-corrected chi connectivity index (χ4v) is 3.70. The highest BCUT2D eigenvalue weighted by atomic mass is 32.1. The number of carbonyl (C=O) groups excluding carboxylic acids is 1. The molecule has 2 atom stereocenters. The van der Waals surface area contributed by atoms with E-state index in [1.165, 1.54) is 4.88 Å². The molecule has 0 radical (unpaired) electrons. The quantitative estimate of drug-likeness (QED) is 0.941. The normalized spacial score (nSPS) is 20.3. The Morgan fingerprint density at radius 3 is 3.00 bits per heavy atom. The van der Waals surface area contributed by atoms with Gasteiger partial charge in [0.25, 0.3) is 0 Å².